The standard InChI is InChI=1S/C82H76N4O2/c1-78(2,3)56-44-55(77-83-67-39-38-64-73(82(10,11)43-42-79(64,4)5)75(67)86(77)70-50-66-65(80(6,7)40-41-81(66,8)9)49-62(70)54-30-19-14-20-31-54)45-57(46-56)87-58-47-63-61-32-21-24-37-72(61)88-76(63)71(48-58)84-51-85(69-36-23-22-35-68(69)84)74-59(52-26-15-12-16-27-52)33-25-34-60(74)53-28-17-13-18-29-53/h12-39,44-50H,40-43H2,1-11H3. The lowest BCUT2D eigenvalue weighted by atomic mass is 9.62. The fourth-order valence-corrected chi connectivity index (χ4v) is 14.6. The van der Waals surface area contributed by atoms with E-state index in [1.807, 2.05) is 6.07 Å². The molecule has 0 aliphatic heterocycles. The number of hydrogen-bond donors (Lipinski definition) is 0. The van der Waals surface area contributed by atoms with Crippen molar-refractivity contribution in [2.24, 2.45) is 0 Å². The van der Waals surface area contributed by atoms with Crippen LogP contribution in [0.25, 0.3) is 106 Å². The predicted molar refractivity (Wildman–Crippen MR) is 363 cm³/mol. The van der Waals surface area contributed by atoms with Crippen LogP contribution in [-0.4, -0.2) is 14.1 Å². The second kappa shape index (κ2) is 20.1. The molecule has 0 spiro atoms. The lowest BCUT2D eigenvalue weighted by Gasteiger charge is -2.43. The molecule has 2 aliphatic carbocycles. The smallest absolute Gasteiger partial charge is 0.270 e. The van der Waals surface area contributed by atoms with Crippen molar-refractivity contribution in [3.63, 3.8) is 0 Å². The highest BCUT2D eigenvalue weighted by Crippen LogP contribution is 2.53. The summed E-state index contributed by atoms with van der Waals surface area (Å²) >= 11 is 0. The summed E-state index contributed by atoms with van der Waals surface area (Å²) in [6.45, 7) is 26.4. The summed E-state index contributed by atoms with van der Waals surface area (Å²) in [6.07, 6.45) is 8.37. The van der Waals surface area contributed by atoms with Crippen LogP contribution in [0.15, 0.2) is 217 Å². The van der Waals surface area contributed by atoms with Gasteiger partial charge in [-0.2, -0.15) is 0 Å². The van der Waals surface area contributed by atoms with Crippen molar-refractivity contribution < 1.29 is 13.7 Å². The van der Waals surface area contributed by atoms with Crippen LogP contribution in [0.4, 0.5) is 0 Å². The molecule has 0 unspecified atom stereocenters. The molecule has 0 atom stereocenters. The Bertz CT molecular complexity index is 4850. The van der Waals surface area contributed by atoms with E-state index in [0.717, 1.165) is 126 Å². The third-order valence-corrected chi connectivity index (χ3v) is 19.8. The molecular formula is C82H76N4O2. The first-order chi connectivity index (χ1) is 42.2. The molecule has 0 fully saturated rings. The number of hydrogen-bond acceptors (Lipinski definition) is 3. The van der Waals surface area contributed by atoms with Gasteiger partial charge in [0.1, 0.15) is 34.2 Å². The van der Waals surface area contributed by atoms with Crippen molar-refractivity contribution in [2.45, 2.75) is 129 Å². The van der Waals surface area contributed by atoms with Gasteiger partial charge < -0.3 is 9.15 Å². The highest BCUT2D eigenvalue weighted by molar-refractivity contribution is 6.08. The summed E-state index contributed by atoms with van der Waals surface area (Å²) in [5, 5.41) is 1.96. The van der Waals surface area contributed by atoms with Crippen LogP contribution in [0.3, 0.4) is 0 Å². The van der Waals surface area contributed by atoms with Gasteiger partial charge in [-0.25, -0.2) is 4.98 Å². The fraction of sp³-hybridized carbons (Fsp3) is 0.244. The van der Waals surface area contributed by atoms with E-state index in [4.69, 9.17) is 14.1 Å². The number of fused-ring (bicyclic) bond motifs is 8. The maximum absolute atomic E-state index is 7.50. The van der Waals surface area contributed by atoms with E-state index in [-0.39, 0.29) is 27.1 Å². The van der Waals surface area contributed by atoms with Gasteiger partial charge in [-0.1, -0.05) is 234 Å². The van der Waals surface area contributed by atoms with E-state index in [1.54, 1.807) is 0 Å². The third kappa shape index (κ3) is 9.12. The number of furan rings is 1. The van der Waals surface area contributed by atoms with Gasteiger partial charge in [-0.3, -0.25) is 13.7 Å². The normalized spacial score (nSPS) is 15.9. The van der Waals surface area contributed by atoms with E-state index in [9.17, 15) is 0 Å². The molecule has 10 aromatic carbocycles. The number of imidazole rings is 2. The van der Waals surface area contributed by atoms with E-state index < -0.39 is 0 Å². The summed E-state index contributed by atoms with van der Waals surface area (Å²) in [5.74, 6) is 2.29. The van der Waals surface area contributed by atoms with E-state index >= 15 is 0 Å². The number of para-hydroxylation sites is 4. The Morgan fingerprint density at radius 2 is 1.07 bits per heavy atom. The summed E-state index contributed by atoms with van der Waals surface area (Å²) in [4.78, 5) is 5.88. The zero-order valence-electron chi connectivity index (χ0n) is 52.6. The highest BCUT2D eigenvalue weighted by Gasteiger charge is 2.42. The molecule has 0 radical (unpaired) electrons. The van der Waals surface area contributed by atoms with Crippen LogP contribution < -0.4 is 9.30 Å². The Kier molecular flexibility index (Phi) is 12.7. The van der Waals surface area contributed by atoms with Gasteiger partial charge in [-0.15, -0.1) is 0 Å². The minimum absolute atomic E-state index is 0.00410. The Hall–Kier alpha value is -9.26. The number of rotatable bonds is 9. The van der Waals surface area contributed by atoms with Crippen LogP contribution in [0.1, 0.15) is 130 Å². The number of aromatic nitrogens is 4. The average molecular weight is 1150 g/mol. The lowest BCUT2D eigenvalue weighted by molar-refractivity contribution is -0.571. The molecule has 6 nitrogen and oxygen atoms in total. The summed E-state index contributed by atoms with van der Waals surface area (Å²) in [7, 11) is 0. The third-order valence-electron chi connectivity index (χ3n) is 19.8. The zero-order valence-corrected chi connectivity index (χ0v) is 52.6. The summed E-state index contributed by atoms with van der Waals surface area (Å²) in [5.41, 5.74) is 22.9. The fourth-order valence-electron chi connectivity index (χ4n) is 14.6. The summed E-state index contributed by atoms with van der Waals surface area (Å²) in [6, 6.07) is 76.8. The van der Waals surface area contributed by atoms with Crippen molar-refractivity contribution in [1.82, 2.24) is 14.1 Å². The quantitative estimate of drug-likeness (QED) is 0.107. The lowest BCUT2D eigenvalue weighted by Crippen LogP contribution is -2.35. The molecule has 13 aromatic rings. The van der Waals surface area contributed by atoms with Gasteiger partial charge in [0.05, 0.1) is 33.4 Å². The van der Waals surface area contributed by atoms with Crippen LogP contribution in [0, 0.1) is 6.33 Å². The molecule has 3 aromatic heterocycles. The van der Waals surface area contributed by atoms with Crippen molar-refractivity contribution in [3.8, 4) is 73.3 Å². The first kappa shape index (κ1) is 55.3. The Labute approximate surface area is 517 Å². The van der Waals surface area contributed by atoms with Crippen molar-refractivity contribution in [3.05, 3.63) is 246 Å². The molecule has 0 amide bonds. The molecule has 0 bridgehead atoms. The number of ether oxygens (including phenoxy) is 1. The van der Waals surface area contributed by atoms with Gasteiger partial charge in [-0.05, 0) is 163 Å². The molecular weight excluding hydrogens is 1070 g/mol. The highest BCUT2D eigenvalue weighted by atomic mass is 16.5. The molecule has 3 heterocycles. The number of benzene rings is 10. The zero-order chi connectivity index (χ0) is 60.6. The van der Waals surface area contributed by atoms with Crippen LogP contribution in [-0.2, 0) is 27.1 Å². The average Bonchev–Trinajstić information content (AvgIpc) is 1.41. The van der Waals surface area contributed by atoms with Crippen LogP contribution in [0.5, 0.6) is 11.5 Å². The molecule has 0 saturated carbocycles. The number of nitrogens with zero attached hydrogens (tertiary/aromatic N) is 4. The van der Waals surface area contributed by atoms with E-state index in [0.29, 0.717) is 5.75 Å². The second-order valence-corrected chi connectivity index (χ2v) is 28.7. The minimum atomic E-state index is -0.260. The van der Waals surface area contributed by atoms with Gasteiger partial charge in [0, 0.05) is 21.9 Å². The molecule has 6 heteroatoms. The monoisotopic (exact) mass is 1150 g/mol. The first-order valence-electron chi connectivity index (χ1n) is 31.5. The van der Waals surface area contributed by atoms with Crippen molar-refractivity contribution >= 4 is 44.0 Å². The molecule has 88 heavy (non-hydrogen) atoms. The Morgan fingerprint density at radius 1 is 0.500 bits per heavy atom. The predicted octanol–water partition coefficient (Wildman–Crippen LogP) is 21.4. The maximum Gasteiger partial charge on any atom is 0.270 e. The van der Waals surface area contributed by atoms with Crippen molar-refractivity contribution in [1.29, 1.82) is 0 Å². The Balaban J connectivity index is 0.973. The molecule has 0 N–H and O–H groups in total. The van der Waals surface area contributed by atoms with Crippen LogP contribution >= 0.6 is 0 Å². The molecule has 0 saturated heterocycles. The van der Waals surface area contributed by atoms with E-state index in [2.05, 4.69) is 302 Å². The molecule has 436 valence electrons. The largest absolute Gasteiger partial charge is 0.460 e. The van der Waals surface area contributed by atoms with E-state index in [1.165, 1.54) is 38.9 Å². The van der Waals surface area contributed by atoms with Gasteiger partial charge in [0.15, 0.2) is 0 Å². The first-order valence-corrected chi connectivity index (χ1v) is 31.5. The van der Waals surface area contributed by atoms with Gasteiger partial charge in [0.2, 0.25) is 0 Å². The second-order valence-electron chi connectivity index (χ2n) is 28.7. The van der Waals surface area contributed by atoms with Gasteiger partial charge >= 0.3 is 0 Å². The molecule has 15 rings (SSSR count). The van der Waals surface area contributed by atoms with Crippen LogP contribution in [0.2, 0.25) is 0 Å². The van der Waals surface area contributed by atoms with Crippen molar-refractivity contribution in [2.75, 3.05) is 0 Å². The van der Waals surface area contributed by atoms with Gasteiger partial charge in [0.25, 0.3) is 6.33 Å². The SMILES string of the molecule is CC(C)(C)c1cc(Oc2cc(-[n+]3[c-]n(-c4c(-c5ccccc5)cccc4-c4ccccc4)c4ccccc43)c3oc4ccccc4c3c2)cc(-c2nc3ccc4c(c3n2-c2cc3c(cc2-c2ccccc2)C(C)(C)CCC3(C)C)C(C)(C)CCC4(C)C)c1. The topological polar surface area (TPSA) is 49.0 Å². The molecule has 2 aliphatic rings. The summed E-state index contributed by atoms with van der Waals surface area (Å²) < 4.78 is 21.4. The minimum Gasteiger partial charge on any atom is -0.460 e. The Morgan fingerprint density at radius 3 is 1.73 bits per heavy atom. The maximum atomic E-state index is 7.50.